The Morgan fingerprint density at radius 2 is 0.821 bits per heavy atom. The maximum absolute atomic E-state index is 12.4. The Morgan fingerprint density at radius 1 is 0.446 bits per heavy atom. The normalized spacial score (nSPS) is 11.3. The van der Waals surface area contributed by atoms with Gasteiger partial charge in [-0.1, -0.05) is 169 Å². The number of nitrogens with zero attached hydrogens (tertiary/aromatic N) is 1. The first-order valence-electron chi connectivity index (χ1n) is 24.2. The molecule has 0 aromatic heterocycles. The molecule has 330 valence electrons. The molecule has 8 heteroatoms. The molecule has 0 rings (SSSR count). The molecule has 0 aliphatic heterocycles. The van der Waals surface area contributed by atoms with Crippen LogP contribution in [0, 0.1) is 11.8 Å². The highest BCUT2D eigenvalue weighted by molar-refractivity contribution is 5.86. The van der Waals surface area contributed by atoms with Crippen molar-refractivity contribution in [1.82, 2.24) is 10.7 Å². The highest BCUT2D eigenvalue weighted by Gasteiger charge is 2.12. The largest absolute Gasteiger partial charge is 0.466 e. The van der Waals surface area contributed by atoms with Crippen LogP contribution in [0.25, 0.3) is 0 Å². The van der Waals surface area contributed by atoms with Gasteiger partial charge >= 0.3 is 11.9 Å². The molecule has 0 aromatic carbocycles. The van der Waals surface area contributed by atoms with E-state index in [2.05, 4.69) is 43.5 Å². The second-order valence-electron chi connectivity index (χ2n) is 16.7. The molecule has 0 unspecified atom stereocenters. The SMILES string of the molecule is CCCCCC(CCCCC)CCOC(=O)CCCCCCCC(CCCCCCCC(=O)OCCC(CCCCC)CCCCC)=NNC(=O)CCCNC. The first kappa shape index (κ1) is 54.0. The molecule has 0 aliphatic carbocycles. The smallest absolute Gasteiger partial charge is 0.305 e. The van der Waals surface area contributed by atoms with E-state index in [0.717, 1.165) is 109 Å². The van der Waals surface area contributed by atoms with Crippen LogP contribution in [-0.2, 0) is 23.9 Å². The minimum atomic E-state index is -0.0413. The van der Waals surface area contributed by atoms with E-state index >= 15 is 0 Å². The van der Waals surface area contributed by atoms with Crippen LogP contribution in [0.5, 0.6) is 0 Å². The second kappa shape index (κ2) is 42.6. The summed E-state index contributed by atoms with van der Waals surface area (Å²) >= 11 is 0. The predicted molar refractivity (Wildman–Crippen MR) is 238 cm³/mol. The third-order valence-corrected chi connectivity index (χ3v) is 11.3. The molecule has 56 heavy (non-hydrogen) atoms. The van der Waals surface area contributed by atoms with Crippen molar-refractivity contribution in [3.63, 3.8) is 0 Å². The fraction of sp³-hybridized carbons (Fsp3) is 0.917. The summed E-state index contributed by atoms with van der Waals surface area (Å²) in [6.45, 7) is 11.0. The summed E-state index contributed by atoms with van der Waals surface area (Å²) in [6.07, 6.45) is 36.8. The Labute approximate surface area is 347 Å². The van der Waals surface area contributed by atoms with E-state index in [1.165, 1.54) is 103 Å². The van der Waals surface area contributed by atoms with E-state index in [-0.39, 0.29) is 17.8 Å². The molecule has 8 nitrogen and oxygen atoms in total. The lowest BCUT2D eigenvalue weighted by Gasteiger charge is -2.16. The monoisotopic (exact) mass is 792 g/mol. The molecule has 0 aromatic rings. The molecule has 0 radical (unpaired) electrons. The molecule has 2 N–H and O–H groups in total. The fourth-order valence-electron chi connectivity index (χ4n) is 7.54. The van der Waals surface area contributed by atoms with Crippen molar-refractivity contribution >= 4 is 23.6 Å². The topological polar surface area (TPSA) is 106 Å². The van der Waals surface area contributed by atoms with Crippen LogP contribution in [-0.4, -0.2) is 50.4 Å². The first-order valence-corrected chi connectivity index (χ1v) is 24.2. The summed E-state index contributed by atoms with van der Waals surface area (Å²) < 4.78 is 11.3. The first-order chi connectivity index (χ1) is 27.4. The zero-order valence-corrected chi connectivity index (χ0v) is 37.8. The van der Waals surface area contributed by atoms with E-state index in [1.54, 1.807) is 0 Å². The quantitative estimate of drug-likeness (QED) is 0.0276. The number of esters is 2. The summed E-state index contributed by atoms with van der Waals surface area (Å²) in [6, 6.07) is 0. The number of nitrogens with one attached hydrogen (secondary N) is 2. The van der Waals surface area contributed by atoms with E-state index < -0.39 is 0 Å². The number of rotatable bonds is 43. The lowest BCUT2D eigenvalue weighted by atomic mass is 9.92. The van der Waals surface area contributed by atoms with Crippen LogP contribution in [0.15, 0.2) is 5.10 Å². The van der Waals surface area contributed by atoms with Gasteiger partial charge in [0.25, 0.3) is 0 Å². The summed E-state index contributed by atoms with van der Waals surface area (Å²) in [5.41, 5.74) is 3.88. The van der Waals surface area contributed by atoms with Crippen molar-refractivity contribution in [2.45, 2.75) is 246 Å². The predicted octanol–water partition coefficient (Wildman–Crippen LogP) is 13.3. The molecule has 0 spiro atoms. The molecular formula is C48H93N3O5. The molecule has 0 fully saturated rings. The van der Waals surface area contributed by atoms with Gasteiger partial charge in [0.2, 0.25) is 5.91 Å². The van der Waals surface area contributed by atoms with Crippen LogP contribution >= 0.6 is 0 Å². The molecule has 0 heterocycles. The van der Waals surface area contributed by atoms with Crippen LogP contribution in [0.1, 0.15) is 246 Å². The van der Waals surface area contributed by atoms with Gasteiger partial charge in [-0.2, -0.15) is 5.10 Å². The zero-order valence-electron chi connectivity index (χ0n) is 37.8. The summed E-state index contributed by atoms with van der Waals surface area (Å²) in [4.78, 5) is 37.1. The molecule has 0 aliphatic rings. The summed E-state index contributed by atoms with van der Waals surface area (Å²) in [5.74, 6) is 1.27. The van der Waals surface area contributed by atoms with Gasteiger partial charge in [-0.25, -0.2) is 5.43 Å². The minimum Gasteiger partial charge on any atom is -0.466 e. The van der Waals surface area contributed by atoms with Crippen LogP contribution in [0.3, 0.4) is 0 Å². The van der Waals surface area contributed by atoms with Crippen LogP contribution in [0.2, 0.25) is 0 Å². The van der Waals surface area contributed by atoms with Crippen molar-refractivity contribution in [3.8, 4) is 0 Å². The van der Waals surface area contributed by atoms with Gasteiger partial charge < -0.3 is 14.8 Å². The average molecular weight is 792 g/mol. The Hall–Kier alpha value is -1.96. The van der Waals surface area contributed by atoms with Crippen molar-refractivity contribution in [2.24, 2.45) is 16.9 Å². The van der Waals surface area contributed by atoms with Crippen molar-refractivity contribution in [2.75, 3.05) is 26.8 Å². The lowest BCUT2D eigenvalue weighted by molar-refractivity contribution is -0.145. The molecule has 1 amide bonds. The number of carbonyl (C=O) groups is 3. The van der Waals surface area contributed by atoms with Gasteiger partial charge in [0, 0.05) is 25.0 Å². The van der Waals surface area contributed by atoms with E-state index in [1.807, 2.05) is 7.05 Å². The highest BCUT2D eigenvalue weighted by Crippen LogP contribution is 2.23. The molecule has 0 atom stereocenters. The third kappa shape index (κ3) is 37.6. The Bertz CT molecular complexity index is 848. The van der Waals surface area contributed by atoms with E-state index in [9.17, 15) is 14.4 Å². The van der Waals surface area contributed by atoms with Gasteiger partial charge in [0.15, 0.2) is 0 Å². The number of amides is 1. The zero-order chi connectivity index (χ0) is 41.2. The van der Waals surface area contributed by atoms with E-state index in [0.29, 0.717) is 44.3 Å². The number of unbranched alkanes of at least 4 members (excludes halogenated alkanes) is 16. The van der Waals surface area contributed by atoms with Gasteiger partial charge in [-0.05, 0) is 83.2 Å². The van der Waals surface area contributed by atoms with Crippen molar-refractivity contribution < 1.29 is 23.9 Å². The molecular weight excluding hydrogens is 699 g/mol. The molecule has 0 bridgehead atoms. The summed E-state index contributed by atoms with van der Waals surface area (Å²) in [7, 11) is 1.90. The lowest BCUT2D eigenvalue weighted by Crippen LogP contribution is -2.21. The summed E-state index contributed by atoms with van der Waals surface area (Å²) in [5, 5.41) is 7.64. The second-order valence-corrected chi connectivity index (χ2v) is 16.7. The van der Waals surface area contributed by atoms with Crippen LogP contribution < -0.4 is 10.7 Å². The molecule has 0 saturated carbocycles. The maximum atomic E-state index is 12.4. The number of hydrazone groups is 1. The maximum Gasteiger partial charge on any atom is 0.305 e. The molecule has 0 saturated heterocycles. The Balaban J connectivity index is 4.37. The minimum absolute atomic E-state index is 0.0245. The van der Waals surface area contributed by atoms with Gasteiger partial charge in [-0.3, -0.25) is 14.4 Å². The highest BCUT2D eigenvalue weighted by atomic mass is 16.5. The van der Waals surface area contributed by atoms with Crippen LogP contribution in [0.4, 0.5) is 0 Å². The third-order valence-electron chi connectivity index (χ3n) is 11.3. The standard InChI is InChI=1S/C48H93N3O5/c1-6-10-20-29-43(30-21-11-7-2)38-41-55-47(53)36-26-18-14-16-24-33-45(50-51-46(52)35-28-40-49-5)34-25-17-15-19-27-37-48(54)56-42-39-44(31-22-12-8-3)32-23-13-9-4/h43-44,49H,6-42H2,1-5H3,(H,51,52). The van der Waals surface area contributed by atoms with E-state index in [4.69, 9.17) is 9.47 Å². The number of hydrogen-bond donors (Lipinski definition) is 2. The number of ether oxygens (including phenoxy) is 2. The van der Waals surface area contributed by atoms with Crippen molar-refractivity contribution in [3.05, 3.63) is 0 Å². The number of hydrogen-bond acceptors (Lipinski definition) is 7. The van der Waals surface area contributed by atoms with Gasteiger partial charge in [-0.15, -0.1) is 0 Å². The fourth-order valence-corrected chi connectivity index (χ4v) is 7.54. The van der Waals surface area contributed by atoms with Crippen molar-refractivity contribution in [1.29, 1.82) is 0 Å². The van der Waals surface area contributed by atoms with Gasteiger partial charge in [0.05, 0.1) is 13.2 Å². The Morgan fingerprint density at radius 3 is 1.20 bits per heavy atom. The average Bonchev–Trinajstić information content (AvgIpc) is 3.18. The number of carbonyl (C=O) groups excluding carboxylic acids is 3. The van der Waals surface area contributed by atoms with Gasteiger partial charge in [0.1, 0.15) is 0 Å². The Kier molecular flexibility index (Phi) is 41.1.